The van der Waals surface area contributed by atoms with Gasteiger partial charge in [0.25, 0.3) is 0 Å². The summed E-state index contributed by atoms with van der Waals surface area (Å²) in [5.41, 5.74) is 6.88. The predicted molar refractivity (Wildman–Crippen MR) is 67.9 cm³/mol. The highest BCUT2D eigenvalue weighted by Crippen LogP contribution is 2.31. The van der Waals surface area contributed by atoms with Crippen molar-refractivity contribution >= 4 is 11.6 Å². The smallest absolute Gasteiger partial charge is 0.137 e. The number of nitrogens with zero attached hydrogens (tertiary/aromatic N) is 3. The van der Waals surface area contributed by atoms with E-state index in [-0.39, 0.29) is 6.61 Å². The highest BCUT2D eigenvalue weighted by atomic mass is 16.3. The van der Waals surface area contributed by atoms with E-state index in [4.69, 9.17) is 5.73 Å². The molecule has 0 amide bonds. The van der Waals surface area contributed by atoms with Crippen LogP contribution >= 0.6 is 0 Å². The van der Waals surface area contributed by atoms with E-state index in [1.165, 1.54) is 25.6 Å². The van der Waals surface area contributed by atoms with Gasteiger partial charge in [-0.15, -0.1) is 0 Å². The fourth-order valence-electron chi connectivity index (χ4n) is 2.27. The summed E-state index contributed by atoms with van der Waals surface area (Å²) in [4.78, 5) is 10.6. The highest BCUT2D eigenvalue weighted by molar-refractivity contribution is 5.57. The summed E-state index contributed by atoms with van der Waals surface area (Å²) >= 11 is 0. The van der Waals surface area contributed by atoms with Gasteiger partial charge in [-0.25, -0.2) is 9.97 Å². The van der Waals surface area contributed by atoms with Crippen LogP contribution in [0.25, 0.3) is 0 Å². The van der Waals surface area contributed by atoms with Gasteiger partial charge in [0.15, 0.2) is 0 Å². The molecule has 17 heavy (non-hydrogen) atoms. The maximum absolute atomic E-state index is 9.18. The monoisotopic (exact) mass is 236 g/mol. The molecule has 1 heterocycles. The van der Waals surface area contributed by atoms with Gasteiger partial charge in [-0.3, -0.25) is 0 Å². The molecule has 0 aromatic carbocycles. The molecule has 1 fully saturated rings. The largest absolute Gasteiger partial charge is 0.395 e. The second-order valence-electron chi connectivity index (χ2n) is 4.42. The first kappa shape index (κ1) is 12.1. The Morgan fingerprint density at radius 3 is 2.76 bits per heavy atom. The van der Waals surface area contributed by atoms with Crippen LogP contribution in [0.3, 0.4) is 0 Å². The summed E-state index contributed by atoms with van der Waals surface area (Å²) in [5.74, 6) is 1.46. The third kappa shape index (κ3) is 2.34. The van der Waals surface area contributed by atoms with Crippen LogP contribution in [0.5, 0.6) is 0 Å². The Morgan fingerprint density at radius 1 is 1.47 bits per heavy atom. The number of hydrogen-bond acceptors (Lipinski definition) is 5. The van der Waals surface area contributed by atoms with Crippen LogP contribution in [-0.2, 0) is 6.42 Å². The first-order valence-corrected chi connectivity index (χ1v) is 6.24. The molecule has 0 aliphatic heterocycles. The molecule has 1 saturated carbocycles. The van der Waals surface area contributed by atoms with E-state index in [0.29, 0.717) is 18.4 Å². The molecule has 1 aromatic rings. The van der Waals surface area contributed by atoms with Crippen molar-refractivity contribution in [3.63, 3.8) is 0 Å². The second kappa shape index (κ2) is 5.31. The van der Waals surface area contributed by atoms with E-state index in [1.54, 1.807) is 0 Å². The molecular weight excluding hydrogens is 216 g/mol. The minimum atomic E-state index is 0.142. The quantitative estimate of drug-likeness (QED) is 0.797. The van der Waals surface area contributed by atoms with Crippen molar-refractivity contribution in [2.45, 2.75) is 38.6 Å². The van der Waals surface area contributed by atoms with E-state index >= 15 is 0 Å². The number of nitrogens with two attached hydrogens (primary N) is 1. The van der Waals surface area contributed by atoms with Gasteiger partial charge >= 0.3 is 0 Å². The Balaban J connectivity index is 2.30. The normalized spacial score (nSPS) is 15.6. The van der Waals surface area contributed by atoms with Crippen molar-refractivity contribution in [2.24, 2.45) is 0 Å². The molecule has 1 aromatic heterocycles. The molecule has 1 aliphatic rings. The van der Waals surface area contributed by atoms with Crippen molar-refractivity contribution in [1.82, 2.24) is 9.97 Å². The number of aliphatic hydroxyl groups excluding tert-OH is 1. The van der Waals surface area contributed by atoms with Gasteiger partial charge < -0.3 is 15.7 Å². The topological polar surface area (TPSA) is 75.3 Å². The van der Waals surface area contributed by atoms with E-state index in [0.717, 1.165) is 17.8 Å². The Kier molecular flexibility index (Phi) is 3.78. The molecule has 5 nitrogen and oxygen atoms in total. The van der Waals surface area contributed by atoms with Gasteiger partial charge in [-0.05, 0) is 25.7 Å². The standard InChI is InChI=1S/C12H20N4O/c1-2-10-11(13)14-8-15-12(10)16(6-7-17)9-4-3-5-9/h8-9,17H,2-7H2,1H3,(H2,13,14,15). The second-order valence-corrected chi connectivity index (χ2v) is 4.42. The van der Waals surface area contributed by atoms with Crippen LogP contribution in [0.4, 0.5) is 11.6 Å². The zero-order valence-electron chi connectivity index (χ0n) is 10.3. The van der Waals surface area contributed by atoms with Crippen LogP contribution in [0, 0.1) is 0 Å². The fraction of sp³-hybridized carbons (Fsp3) is 0.667. The molecule has 0 unspecified atom stereocenters. The molecular formula is C12H20N4O. The van der Waals surface area contributed by atoms with Crippen molar-refractivity contribution < 1.29 is 5.11 Å². The van der Waals surface area contributed by atoms with E-state index in [9.17, 15) is 5.11 Å². The lowest BCUT2D eigenvalue weighted by molar-refractivity contribution is 0.282. The Bertz CT molecular complexity index is 379. The molecule has 0 atom stereocenters. The summed E-state index contributed by atoms with van der Waals surface area (Å²) in [6.45, 7) is 2.81. The van der Waals surface area contributed by atoms with Gasteiger partial charge in [0.05, 0.1) is 6.61 Å². The predicted octanol–water partition coefficient (Wildman–Crippen LogP) is 0.972. The molecule has 2 rings (SSSR count). The lowest BCUT2D eigenvalue weighted by Crippen LogP contribution is -2.43. The lowest BCUT2D eigenvalue weighted by Gasteiger charge is -2.39. The molecule has 0 spiro atoms. The van der Waals surface area contributed by atoms with Gasteiger partial charge in [0, 0.05) is 18.2 Å². The molecule has 0 bridgehead atoms. The van der Waals surface area contributed by atoms with Crippen LogP contribution in [0.1, 0.15) is 31.7 Å². The molecule has 3 N–H and O–H groups in total. The van der Waals surface area contributed by atoms with E-state index in [2.05, 4.69) is 21.8 Å². The SMILES string of the molecule is CCc1c(N)ncnc1N(CCO)C1CCC1. The highest BCUT2D eigenvalue weighted by Gasteiger charge is 2.27. The van der Waals surface area contributed by atoms with Crippen LogP contribution in [-0.4, -0.2) is 34.3 Å². The van der Waals surface area contributed by atoms with Crippen molar-refractivity contribution in [2.75, 3.05) is 23.8 Å². The van der Waals surface area contributed by atoms with Crippen molar-refractivity contribution in [3.05, 3.63) is 11.9 Å². The minimum Gasteiger partial charge on any atom is -0.395 e. The van der Waals surface area contributed by atoms with Gasteiger partial charge in [-0.2, -0.15) is 0 Å². The Labute approximate surface area is 102 Å². The Morgan fingerprint density at radius 2 is 2.24 bits per heavy atom. The summed E-state index contributed by atoms with van der Waals surface area (Å²) in [7, 11) is 0. The number of rotatable bonds is 5. The average Bonchev–Trinajstić information content (AvgIpc) is 2.26. The van der Waals surface area contributed by atoms with Gasteiger partial charge in [-0.1, -0.05) is 6.92 Å². The zero-order valence-corrected chi connectivity index (χ0v) is 10.3. The minimum absolute atomic E-state index is 0.142. The third-order valence-electron chi connectivity index (χ3n) is 3.44. The molecule has 5 heteroatoms. The summed E-state index contributed by atoms with van der Waals surface area (Å²) in [6, 6.07) is 0.502. The lowest BCUT2D eigenvalue weighted by atomic mass is 9.91. The number of nitrogen functional groups attached to an aromatic ring is 1. The maximum atomic E-state index is 9.18. The third-order valence-corrected chi connectivity index (χ3v) is 3.44. The number of anilines is 2. The van der Waals surface area contributed by atoms with E-state index in [1.807, 2.05) is 0 Å². The molecule has 0 radical (unpaired) electrons. The van der Waals surface area contributed by atoms with E-state index < -0.39 is 0 Å². The summed E-state index contributed by atoms with van der Waals surface area (Å²) in [6.07, 6.45) is 5.93. The maximum Gasteiger partial charge on any atom is 0.137 e. The van der Waals surface area contributed by atoms with Crippen LogP contribution in [0.15, 0.2) is 6.33 Å². The number of aromatic nitrogens is 2. The summed E-state index contributed by atoms with van der Waals surface area (Å²) < 4.78 is 0. The molecule has 94 valence electrons. The van der Waals surface area contributed by atoms with Crippen molar-refractivity contribution in [3.8, 4) is 0 Å². The molecule has 1 aliphatic carbocycles. The van der Waals surface area contributed by atoms with Gasteiger partial charge in [0.2, 0.25) is 0 Å². The van der Waals surface area contributed by atoms with Crippen molar-refractivity contribution in [1.29, 1.82) is 0 Å². The first-order chi connectivity index (χ1) is 8.27. The van der Waals surface area contributed by atoms with Crippen LogP contribution in [0.2, 0.25) is 0 Å². The number of aliphatic hydroxyl groups is 1. The zero-order chi connectivity index (χ0) is 12.3. The molecule has 0 saturated heterocycles. The van der Waals surface area contributed by atoms with Crippen LogP contribution < -0.4 is 10.6 Å². The first-order valence-electron chi connectivity index (χ1n) is 6.24. The number of hydrogen-bond donors (Lipinski definition) is 2. The Hall–Kier alpha value is -1.36. The fourth-order valence-corrected chi connectivity index (χ4v) is 2.27. The average molecular weight is 236 g/mol. The van der Waals surface area contributed by atoms with Gasteiger partial charge in [0.1, 0.15) is 18.0 Å². The summed E-state index contributed by atoms with van der Waals surface area (Å²) in [5, 5.41) is 9.18.